The zero-order chi connectivity index (χ0) is 15.2. The van der Waals surface area contributed by atoms with Gasteiger partial charge in [0.15, 0.2) is 4.87 Å². The lowest BCUT2D eigenvalue weighted by Gasteiger charge is -2.20. The van der Waals surface area contributed by atoms with Crippen molar-refractivity contribution in [3.8, 4) is 5.75 Å². The van der Waals surface area contributed by atoms with E-state index in [-0.39, 0.29) is 0 Å². The third-order valence-electron chi connectivity index (χ3n) is 3.66. The van der Waals surface area contributed by atoms with Crippen molar-refractivity contribution >= 4 is 44.6 Å². The largest absolute Gasteiger partial charge is 0.497 e. The molecular formula is C16H12BrN3OS. The van der Waals surface area contributed by atoms with Gasteiger partial charge in [0.25, 0.3) is 0 Å². The zero-order valence-corrected chi connectivity index (χ0v) is 14.1. The van der Waals surface area contributed by atoms with Crippen LogP contribution in [-0.4, -0.2) is 18.4 Å². The summed E-state index contributed by atoms with van der Waals surface area (Å²) in [5, 5.41) is 5.45. The Labute approximate surface area is 140 Å². The lowest BCUT2D eigenvalue weighted by Crippen LogP contribution is -2.32. The second-order valence-corrected chi connectivity index (χ2v) is 7.17. The molecule has 2 heterocycles. The van der Waals surface area contributed by atoms with Crippen LogP contribution >= 0.6 is 27.7 Å². The first-order valence-electron chi connectivity index (χ1n) is 6.74. The van der Waals surface area contributed by atoms with E-state index in [1.807, 2.05) is 42.6 Å². The van der Waals surface area contributed by atoms with Gasteiger partial charge in [0.2, 0.25) is 0 Å². The van der Waals surface area contributed by atoms with Crippen LogP contribution in [0.3, 0.4) is 0 Å². The van der Waals surface area contributed by atoms with Crippen molar-refractivity contribution in [1.29, 1.82) is 0 Å². The first kappa shape index (κ1) is 13.8. The molecule has 0 aliphatic carbocycles. The number of benzene rings is 2. The van der Waals surface area contributed by atoms with Crippen molar-refractivity contribution in [2.24, 2.45) is 10.1 Å². The van der Waals surface area contributed by atoms with Gasteiger partial charge in [-0.3, -0.25) is 10.4 Å². The molecule has 0 fully saturated rings. The van der Waals surface area contributed by atoms with E-state index in [0.717, 1.165) is 32.1 Å². The predicted octanol–water partition coefficient (Wildman–Crippen LogP) is 4.02. The van der Waals surface area contributed by atoms with E-state index in [0.29, 0.717) is 0 Å². The second-order valence-electron chi connectivity index (χ2n) is 5.01. The van der Waals surface area contributed by atoms with Crippen LogP contribution in [0.2, 0.25) is 0 Å². The standard InChI is InChI=1S/C16H12BrN3OS/c1-21-12-5-2-10(3-6-12)15-19-20-16(22-15)9-18-14-7-4-11(17)8-13(14)16/h2-9,20H,1H3. The van der Waals surface area contributed by atoms with E-state index in [9.17, 15) is 0 Å². The van der Waals surface area contributed by atoms with Crippen molar-refractivity contribution in [2.45, 2.75) is 4.87 Å². The molecule has 6 heteroatoms. The van der Waals surface area contributed by atoms with Crippen LogP contribution in [-0.2, 0) is 4.87 Å². The number of hydrogen-bond donors (Lipinski definition) is 1. The molecule has 110 valence electrons. The smallest absolute Gasteiger partial charge is 0.168 e. The van der Waals surface area contributed by atoms with Crippen molar-refractivity contribution in [1.82, 2.24) is 5.43 Å². The number of halogens is 1. The molecule has 0 saturated heterocycles. The average Bonchev–Trinajstić information content (AvgIpc) is 3.14. The number of nitrogens with one attached hydrogen (secondary N) is 1. The van der Waals surface area contributed by atoms with Crippen LogP contribution < -0.4 is 10.2 Å². The fourth-order valence-electron chi connectivity index (χ4n) is 2.51. The molecule has 1 atom stereocenters. The molecule has 0 saturated carbocycles. The Morgan fingerprint density at radius 1 is 1.18 bits per heavy atom. The minimum Gasteiger partial charge on any atom is -0.497 e. The Hall–Kier alpha value is -1.79. The molecule has 4 rings (SSSR count). The van der Waals surface area contributed by atoms with Crippen LogP contribution in [0.25, 0.3) is 0 Å². The Morgan fingerprint density at radius 2 is 2.00 bits per heavy atom. The van der Waals surface area contributed by atoms with E-state index in [1.165, 1.54) is 0 Å². The number of ether oxygens (including phenoxy) is 1. The molecule has 0 amide bonds. The molecule has 2 aliphatic heterocycles. The summed E-state index contributed by atoms with van der Waals surface area (Å²) >= 11 is 5.19. The Morgan fingerprint density at radius 3 is 2.77 bits per heavy atom. The van der Waals surface area contributed by atoms with Crippen LogP contribution in [0.1, 0.15) is 11.1 Å². The lowest BCUT2D eigenvalue weighted by molar-refractivity contribution is 0.415. The number of methoxy groups -OCH3 is 1. The third-order valence-corrected chi connectivity index (χ3v) is 5.41. The highest BCUT2D eigenvalue weighted by Crippen LogP contribution is 2.47. The average molecular weight is 374 g/mol. The molecule has 0 radical (unpaired) electrons. The predicted molar refractivity (Wildman–Crippen MR) is 94.2 cm³/mol. The summed E-state index contributed by atoms with van der Waals surface area (Å²) in [7, 11) is 1.66. The summed E-state index contributed by atoms with van der Waals surface area (Å²) in [6.07, 6.45) is 1.93. The summed E-state index contributed by atoms with van der Waals surface area (Å²) in [4.78, 5) is 4.10. The summed E-state index contributed by atoms with van der Waals surface area (Å²) in [5.41, 5.74) is 6.41. The Balaban J connectivity index is 1.65. The van der Waals surface area contributed by atoms with Gasteiger partial charge in [-0.15, -0.1) is 0 Å². The van der Waals surface area contributed by atoms with E-state index in [4.69, 9.17) is 4.74 Å². The van der Waals surface area contributed by atoms with Gasteiger partial charge in [0, 0.05) is 21.8 Å². The van der Waals surface area contributed by atoms with Crippen LogP contribution in [0.15, 0.2) is 57.0 Å². The molecule has 2 aliphatic rings. The minimum atomic E-state index is -0.408. The Bertz CT molecular complexity index is 804. The van der Waals surface area contributed by atoms with Gasteiger partial charge in [0.05, 0.1) is 12.8 Å². The summed E-state index contributed by atoms with van der Waals surface area (Å²) in [6, 6.07) is 14.0. The van der Waals surface area contributed by atoms with Gasteiger partial charge < -0.3 is 4.74 Å². The number of rotatable bonds is 2. The second kappa shape index (κ2) is 5.14. The monoisotopic (exact) mass is 373 g/mol. The zero-order valence-electron chi connectivity index (χ0n) is 11.7. The highest BCUT2D eigenvalue weighted by Gasteiger charge is 2.42. The van der Waals surface area contributed by atoms with Gasteiger partial charge in [0.1, 0.15) is 10.8 Å². The molecule has 1 N–H and O–H groups in total. The van der Waals surface area contributed by atoms with Crippen molar-refractivity contribution in [2.75, 3.05) is 7.11 Å². The molecule has 0 aromatic heterocycles. The minimum absolute atomic E-state index is 0.408. The molecule has 2 aromatic rings. The summed E-state index contributed by atoms with van der Waals surface area (Å²) in [5.74, 6) is 0.840. The number of hydrazone groups is 1. The number of aliphatic imine (C=N–C) groups is 1. The maximum atomic E-state index is 5.20. The van der Waals surface area contributed by atoms with Gasteiger partial charge in [-0.05, 0) is 42.5 Å². The van der Waals surface area contributed by atoms with Crippen LogP contribution in [0.4, 0.5) is 5.69 Å². The Kier molecular flexibility index (Phi) is 3.23. The fourth-order valence-corrected chi connectivity index (χ4v) is 3.99. The topological polar surface area (TPSA) is 46.0 Å². The van der Waals surface area contributed by atoms with Crippen LogP contribution in [0.5, 0.6) is 5.75 Å². The van der Waals surface area contributed by atoms with Crippen molar-refractivity contribution < 1.29 is 4.74 Å². The van der Waals surface area contributed by atoms with Gasteiger partial charge in [-0.2, -0.15) is 5.10 Å². The quantitative estimate of drug-likeness (QED) is 0.864. The van der Waals surface area contributed by atoms with Gasteiger partial charge in [-0.25, -0.2) is 0 Å². The molecule has 0 bridgehead atoms. The first-order valence-corrected chi connectivity index (χ1v) is 8.35. The highest BCUT2D eigenvalue weighted by atomic mass is 79.9. The SMILES string of the molecule is COc1ccc(C2=NNC3(C=Nc4ccc(Br)cc43)S2)cc1. The third kappa shape index (κ3) is 2.14. The maximum Gasteiger partial charge on any atom is 0.168 e. The first-order chi connectivity index (χ1) is 10.7. The van der Waals surface area contributed by atoms with Crippen molar-refractivity contribution in [3.63, 3.8) is 0 Å². The number of hydrogen-bond acceptors (Lipinski definition) is 5. The maximum absolute atomic E-state index is 5.20. The molecular weight excluding hydrogens is 362 g/mol. The highest BCUT2D eigenvalue weighted by molar-refractivity contribution is 9.10. The normalized spacial score (nSPS) is 21.6. The lowest BCUT2D eigenvalue weighted by atomic mass is 10.1. The number of nitrogens with zero attached hydrogens (tertiary/aromatic N) is 2. The molecule has 1 unspecified atom stereocenters. The molecule has 22 heavy (non-hydrogen) atoms. The van der Waals surface area contributed by atoms with E-state index in [2.05, 4.69) is 37.5 Å². The molecule has 2 aromatic carbocycles. The number of thioether (sulfide) groups is 1. The van der Waals surface area contributed by atoms with Crippen LogP contribution in [0, 0.1) is 0 Å². The summed E-state index contributed by atoms with van der Waals surface area (Å²) in [6.45, 7) is 0. The molecule has 1 spiro atoms. The fraction of sp³-hybridized carbons (Fsp3) is 0.125. The van der Waals surface area contributed by atoms with Gasteiger partial charge in [-0.1, -0.05) is 27.7 Å². The van der Waals surface area contributed by atoms with E-state index < -0.39 is 4.87 Å². The van der Waals surface area contributed by atoms with E-state index >= 15 is 0 Å². The van der Waals surface area contributed by atoms with E-state index in [1.54, 1.807) is 18.9 Å². The molecule has 4 nitrogen and oxygen atoms in total. The number of fused-ring (bicyclic) bond motifs is 2. The van der Waals surface area contributed by atoms with Crippen molar-refractivity contribution in [3.05, 3.63) is 58.1 Å². The van der Waals surface area contributed by atoms with Gasteiger partial charge >= 0.3 is 0 Å². The summed E-state index contributed by atoms with van der Waals surface area (Å²) < 4.78 is 6.23.